The second kappa shape index (κ2) is 6.87. The number of aryl methyl sites for hydroxylation is 1. The van der Waals surface area contributed by atoms with Crippen LogP contribution in [0.3, 0.4) is 0 Å². The zero-order valence-corrected chi connectivity index (χ0v) is 10.4. The van der Waals surface area contributed by atoms with Gasteiger partial charge in [-0.3, -0.25) is 0 Å². The molecule has 1 aromatic rings. The van der Waals surface area contributed by atoms with Crippen LogP contribution >= 0.6 is 11.3 Å². The van der Waals surface area contributed by atoms with E-state index in [9.17, 15) is 0 Å². The van der Waals surface area contributed by atoms with Crippen LogP contribution in [0.2, 0.25) is 0 Å². The molecule has 0 aliphatic rings. The third-order valence-corrected chi connectivity index (χ3v) is 2.90. The van der Waals surface area contributed by atoms with Crippen molar-refractivity contribution in [1.82, 2.24) is 15.5 Å². The molecule has 0 aromatic carbocycles. The maximum absolute atomic E-state index is 5.17. The fourth-order valence-electron chi connectivity index (χ4n) is 1.37. The highest BCUT2D eigenvalue weighted by Crippen LogP contribution is 2.10. The molecule has 1 atom stereocenters. The van der Waals surface area contributed by atoms with Gasteiger partial charge in [-0.15, -0.1) is 21.5 Å². The predicted octanol–water partition coefficient (Wildman–Crippen LogP) is 1.40. The Hall–Kier alpha value is -0.520. The number of aromatic nitrogens is 2. The van der Waals surface area contributed by atoms with Crippen molar-refractivity contribution in [3.63, 3.8) is 0 Å². The van der Waals surface area contributed by atoms with Gasteiger partial charge in [-0.1, -0.05) is 6.92 Å². The van der Waals surface area contributed by atoms with E-state index in [1.54, 1.807) is 18.4 Å². The lowest BCUT2D eigenvalue weighted by molar-refractivity contribution is 0.166. The maximum Gasteiger partial charge on any atom is 0.119 e. The molecule has 15 heavy (non-hydrogen) atoms. The summed E-state index contributed by atoms with van der Waals surface area (Å²) in [5, 5.41) is 13.7. The minimum Gasteiger partial charge on any atom is -0.383 e. The molecule has 0 bridgehead atoms. The Morgan fingerprint density at radius 3 is 2.80 bits per heavy atom. The number of rotatable bonds is 7. The highest BCUT2D eigenvalue weighted by molar-refractivity contribution is 7.11. The van der Waals surface area contributed by atoms with Crippen molar-refractivity contribution in [3.8, 4) is 0 Å². The van der Waals surface area contributed by atoms with Gasteiger partial charge in [0.25, 0.3) is 0 Å². The first-order chi connectivity index (χ1) is 7.26. The average Bonchev–Trinajstić information content (AvgIpc) is 2.61. The van der Waals surface area contributed by atoms with Gasteiger partial charge in [0.1, 0.15) is 10.0 Å². The fraction of sp³-hybridized carbons (Fsp3) is 0.800. The minimum absolute atomic E-state index is 0.349. The molecule has 0 saturated carbocycles. The van der Waals surface area contributed by atoms with Gasteiger partial charge in [0.2, 0.25) is 0 Å². The van der Waals surface area contributed by atoms with Crippen LogP contribution in [0.4, 0.5) is 0 Å². The molecule has 0 amide bonds. The van der Waals surface area contributed by atoms with E-state index >= 15 is 0 Å². The topological polar surface area (TPSA) is 47.0 Å². The van der Waals surface area contributed by atoms with Gasteiger partial charge in [0.15, 0.2) is 0 Å². The molecule has 0 aliphatic carbocycles. The minimum atomic E-state index is 0.349. The van der Waals surface area contributed by atoms with Crippen LogP contribution in [-0.4, -0.2) is 36.5 Å². The van der Waals surface area contributed by atoms with Gasteiger partial charge < -0.3 is 10.1 Å². The Morgan fingerprint density at radius 1 is 1.47 bits per heavy atom. The van der Waals surface area contributed by atoms with Crippen molar-refractivity contribution in [1.29, 1.82) is 0 Å². The van der Waals surface area contributed by atoms with Crippen molar-refractivity contribution in [2.75, 3.05) is 20.3 Å². The highest BCUT2D eigenvalue weighted by Gasteiger charge is 2.11. The second-order valence-electron chi connectivity index (χ2n) is 3.53. The van der Waals surface area contributed by atoms with E-state index in [0.717, 1.165) is 36.0 Å². The van der Waals surface area contributed by atoms with Crippen LogP contribution in [0.5, 0.6) is 0 Å². The zero-order valence-electron chi connectivity index (χ0n) is 9.62. The summed E-state index contributed by atoms with van der Waals surface area (Å²) in [6, 6.07) is 0.349. The van der Waals surface area contributed by atoms with E-state index in [4.69, 9.17) is 4.74 Å². The van der Waals surface area contributed by atoms with Crippen molar-refractivity contribution in [3.05, 3.63) is 10.0 Å². The summed E-state index contributed by atoms with van der Waals surface area (Å²) < 4.78 is 5.17. The molecular formula is C10H19N3OS. The predicted molar refractivity (Wildman–Crippen MR) is 62.3 cm³/mol. The summed E-state index contributed by atoms with van der Waals surface area (Å²) in [4.78, 5) is 0. The van der Waals surface area contributed by atoms with Crippen LogP contribution < -0.4 is 5.32 Å². The van der Waals surface area contributed by atoms with Crippen molar-refractivity contribution >= 4 is 11.3 Å². The molecule has 4 nitrogen and oxygen atoms in total. The summed E-state index contributed by atoms with van der Waals surface area (Å²) in [6.07, 6.45) is 2.04. The molecule has 1 heterocycles. The van der Waals surface area contributed by atoms with Crippen molar-refractivity contribution in [2.24, 2.45) is 0 Å². The van der Waals surface area contributed by atoms with E-state index in [-0.39, 0.29) is 0 Å². The standard InChI is InChI=1S/C10H19N3OS/c1-4-5-11-9(7-14-3)6-10-13-12-8(2)15-10/h9,11H,4-7H2,1-3H3. The molecule has 0 spiro atoms. The summed E-state index contributed by atoms with van der Waals surface area (Å²) in [5.74, 6) is 0. The molecule has 1 unspecified atom stereocenters. The zero-order chi connectivity index (χ0) is 11.1. The summed E-state index contributed by atoms with van der Waals surface area (Å²) >= 11 is 1.66. The molecule has 86 valence electrons. The number of methoxy groups -OCH3 is 1. The van der Waals surface area contributed by atoms with Crippen LogP contribution in [-0.2, 0) is 11.2 Å². The lowest BCUT2D eigenvalue weighted by Gasteiger charge is -2.15. The quantitative estimate of drug-likeness (QED) is 0.768. The van der Waals surface area contributed by atoms with Gasteiger partial charge in [-0.25, -0.2) is 0 Å². The number of nitrogens with one attached hydrogen (secondary N) is 1. The second-order valence-corrected chi connectivity index (χ2v) is 4.79. The Labute approximate surface area is 95.1 Å². The Balaban J connectivity index is 2.42. The number of nitrogens with zero attached hydrogens (tertiary/aromatic N) is 2. The number of hydrogen-bond acceptors (Lipinski definition) is 5. The van der Waals surface area contributed by atoms with Crippen molar-refractivity contribution < 1.29 is 4.74 Å². The number of hydrogen-bond donors (Lipinski definition) is 1. The average molecular weight is 229 g/mol. The molecule has 0 radical (unpaired) electrons. The van der Waals surface area contributed by atoms with E-state index < -0.39 is 0 Å². The third kappa shape index (κ3) is 4.68. The van der Waals surface area contributed by atoms with E-state index in [1.807, 2.05) is 6.92 Å². The van der Waals surface area contributed by atoms with E-state index in [0.29, 0.717) is 6.04 Å². The Morgan fingerprint density at radius 2 is 2.27 bits per heavy atom. The monoisotopic (exact) mass is 229 g/mol. The van der Waals surface area contributed by atoms with Crippen LogP contribution in [0.15, 0.2) is 0 Å². The molecule has 1 rings (SSSR count). The smallest absolute Gasteiger partial charge is 0.119 e. The molecule has 0 fully saturated rings. The highest BCUT2D eigenvalue weighted by atomic mass is 32.1. The van der Waals surface area contributed by atoms with E-state index in [2.05, 4.69) is 22.4 Å². The van der Waals surface area contributed by atoms with Crippen LogP contribution in [0.25, 0.3) is 0 Å². The van der Waals surface area contributed by atoms with Gasteiger partial charge in [0, 0.05) is 19.6 Å². The van der Waals surface area contributed by atoms with Gasteiger partial charge in [0.05, 0.1) is 6.61 Å². The van der Waals surface area contributed by atoms with Crippen molar-refractivity contribution in [2.45, 2.75) is 32.7 Å². The van der Waals surface area contributed by atoms with Crippen LogP contribution in [0.1, 0.15) is 23.4 Å². The Kier molecular flexibility index (Phi) is 5.75. The first kappa shape index (κ1) is 12.5. The normalized spacial score (nSPS) is 13.0. The molecule has 0 aliphatic heterocycles. The Bertz CT molecular complexity index is 277. The number of ether oxygens (including phenoxy) is 1. The maximum atomic E-state index is 5.17. The molecule has 1 N–H and O–H groups in total. The van der Waals surface area contributed by atoms with Gasteiger partial charge in [-0.2, -0.15) is 0 Å². The lowest BCUT2D eigenvalue weighted by Crippen LogP contribution is -2.35. The van der Waals surface area contributed by atoms with Crippen LogP contribution in [0, 0.1) is 6.92 Å². The SMILES string of the molecule is CCCNC(COC)Cc1nnc(C)s1. The lowest BCUT2D eigenvalue weighted by atomic mass is 10.2. The summed E-state index contributed by atoms with van der Waals surface area (Å²) in [5.41, 5.74) is 0. The van der Waals surface area contributed by atoms with E-state index in [1.165, 1.54) is 0 Å². The fourth-order valence-corrected chi connectivity index (χ4v) is 2.16. The molecular weight excluding hydrogens is 210 g/mol. The first-order valence-corrected chi connectivity index (χ1v) is 6.09. The third-order valence-electron chi connectivity index (χ3n) is 2.04. The molecule has 5 heteroatoms. The first-order valence-electron chi connectivity index (χ1n) is 5.27. The largest absolute Gasteiger partial charge is 0.383 e. The van der Waals surface area contributed by atoms with Gasteiger partial charge >= 0.3 is 0 Å². The molecule has 1 aromatic heterocycles. The molecule has 0 saturated heterocycles. The summed E-state index contributed by atoms with van der Waals surface area (Å²) in [7, 11) is 1.73. The van der Waals surface area contributed by atoms with Gasteiger partial charge in [-0.05, 0) is 19.9 Å². The summed E-state index contributed by atoms with van der Waals surface area (Å²) in [6.45, 7) is 5.88.